The van der Waals surface area contributed by atoms with Gasteiger partial charge in [-0.2, -0.15) is 0 Å². The summed E-state index contributed by atoms with van der Waals surface area (Å²) >= 11 is 0. The molecule has 0 saturated heterocycles. The Hall–Kier alpha value is -3.46. The molecule has 2 atom stereocenters. The smallest absolute Gasteiger partial charge is 0.0329 e. The van der Waals surface area contributed by atoms with Crippen LogP contribution in [0, 0.1) is 0 Å². The van der Waals surface area contributed by atoms with Gasteiger partial charge in [0.05, 0.1) is 0 Å². The van der Waals surface area contributed by atoms with Crippen LogP contribution in [0.5, 0.6) is 0 Å². The maximum absolute atomic E-state index is 2.58. The number of nitrogens with zero attached hydrogens (tertiary/aromatic N) is 2. The standard InChI is InChI=1S/C34H38N2/c1-29(33-21-11-5-12-22-33)36(30(2)34-23-13-6-14-24-34)26-16-15-25-35(27-31-17-7-3-8-18-31)28-32-19-9-4-10-20-32/h3-24,29-30H,25-28H2,1-2H3. The van der Waals surface area contributed by atoms with Crippen LogP contribution in [0.4, 0.5) is 0 Å². The molecule has 0 saturated carbocycles. The fourth-order valence-corrected chi connectivity index (χ4v) is 4.79. The van der Waals surface area contributed by atoms with E-state index >= 15 is 0 Å². The van der Waals surface area contributed by atoms with Crippen LogP contribution in [-0.4, -0.2) is 22.9 Å². The lowest BCUT2D eigenvalue weighted by Crippen LogP contribution is -2.30. The average molecular weight is 475 g/mol. The van der Waals surface area contributed by atoms with Gasteiger partial charge in [-0.15, -0.1) is 0 Å². The average Bonchev–Trinajstić information content (AvgIpc) is 2.94. The maximum Gasteiger partial charge on any atom is 0.0329 e. The third-order valence-electron chi connectivity index (χ3n) is 6.90. The third kappa shape index (κ3) is 7.52. The molecule has 0 radical (unpaired) electrons. The molecule has 0 bridgehead atoms. The molecule has 0 aromatic heterocycles. The lowest BCUT2D eigenvalue weighted by Gasteiger charge is -2.34. The van der Waals surface area contributed by atoms with E-state index in [1.165, 1.54) is 22.3 Å². The molecule has 0 aliphatic rings. The Morgan fingerprint density at radius 2 is 0.861 bits per heavy atom. The molecule has 184 valence electrons. The number of benzene rings is 4. The predicted octanol–water partition coefficient (Wildman–Crippen LogP) is 8.07. The highest BCUT2D eigenvalue weighted by Gasteiger charge is 2.21. The molecular weight excluding hydrogens is 436 g/mol. The Balaban J connectivity index is 1.47. The van der Waals surface area contributed by atoms with Crippen molar-refractivity contribution in [3.05, 3.63) is 156 Å². The summed E-state index contributed by atoms with van der Waals surface area (Å²) < 4.78 is 0. The Labute approximate surface area is 217 Å². The summed E-state index contributed by atoms with van der Waals surface area (Å²) in [6.45, 7) is 8.32. The number of hydrogen-bond acceptors (Lipinski definition) is 2. The van der Waals surface area contributed by atoms with E-state index in [0.717, 1.165) is 26.2 Å². The van der Waals surface area contributed by atoms with Gasteiger partial charge in [-0.1, -0.05) is 133 Å². The van der Waals surface area contributed by atoms with E-state index in [1.54, 1.807) is 0 Å². The SMILES string of the molecule is CC(c1ccccc1)N(CC=CCN(Cc1ccccc1)Cc1ccccc1)C(C)c1ccccc1. The molecule has 0 fully saturated rings. The Bertz CT molecular complexity index is 1070. The Kier molecular flexibility index (Phi) is 9.67. The first-order chi connectivity index (χ1) is 17.7. The molecule has 2 nitrogen and oxygen atoms in total. The van der Waals surface area contributed by atoms with Crippen LogP contribution >= 0.6 is 0 Å². The van der Waals surface area contributed by atoms with E-state index in [-0.39, 0.29) is 0 Å². The van der Waals surface area contributed by atoms with Gasteiger partial charge in [0, 0.05) is 38.3 Å². The van der Waals surface area contributed by atoms with Crippen molar-refractivity contribution < 1.29 is 0 Å². The number of rotatable bonds is 12. The van der Waals surface area contributed by atoms with Gasteiger partial charge in [0.25, 0.3) is 0 Å². The largest absolute Gasteiger partial charge is 0.291 e. The van der Waals surface area contributed by atoms with Crippen molar-refractivity contribution in [3.8, 4) is 0 Å². The van der Waals surface area contributed by atoms with E-state index in [4.69, 9.17) is 0 Å². The summed E-state index contributed by atoms with van der Waals surface area (Å²) in [4.78, 5) is 5.09. The minimum Gasteiger partial charge on any atom is -0.291 e. The minimum absolute atomic E-state index is 0.316. The van der Waals surface area contributed by atoms with Crippen LogP contribution < -0.4 is 0 Å². The molecule has 0 spiro atoms. The first-order valence-electron chi connectivity index (χ1n) is 13.0. The van der Waals surface area contributed by atoms with Gasteiger partial charge in [-0.05, 0) is 36.1 Å². The van der Waals surface area contributed by atoms with Gasteiger partial charge in [-0.25, -0.2) is 0 Å². The fourth-order valence-electron chi connectivity index (χ4n) is 4.79. The lowest BCUT2D eigenvalue weighted by molar-refractivity contribution is 0.174. The van der Waals surface area contributed by atoms with E-state index in [1.807, 2.05) is 0 Å². The number of hydrogen-bond donors (Lipinski definition) is 0. The van der Waals surface area contributed by atoms with Crippen LogP contribution in [0.3, 0.4) is 0 Å². The molecule has 4 aromatic carbocycles. The molecule has 0 N–H and O–H groups in total. The first kappa shape index (κ1) is 25.6. The molecular formula is C34H38N2. The highest BCUT2D eigenvalue weighted by Crippen LogP contribution is 2.30. The van der Waals surface area contributed by atoms with E-state index in [9.17, 15) is 0 Å². The van der Waals surface area contributed by atoms with Crippen LogP contribution in [0.1, 0.15) is 48.2 Å². The molecule has 0 amide bonds. The van der Waals surface area contributed by atoms with E-state index in [2.05, 4.69) is 157 Å². The van der Waals surface area contributed by atoms with Crippen LogP contribution in [0.2, 0.25) is 0 Å². The van der Waals surface area contributed by atoms with Crippen LogP contribution in [-0.2, 0) is 13.1 Å². The van der Waals surface area contributed by atoms with Crippen molar-refractivity contribution in [3.63, 3.8) is 0 Å². The van der Waals surface area contributed by atoms with Gasteiger partial charge in [0.2, 0.25) is 0 Å². The molecule has 0 aliphatic heterocycles. The van der Waals surface area contributed by atoms with E-state index < -0.39 is 0 Å². The van der Waals surface area contributed by atoms with Gasteiger partial charge in [0.15, 0.2) is 0 Å². The summed E-state index contributed by atoms with van der Waals surface area (Å²) in [5, 5.41) is 0. The zero-order valence-electron chi connectivity index (χ0n) is 21.6. The Morgan fingerprint density at radius 1 is 0.500 bits per heavy atom. The molecule has 4 aromatic rings. The minimum atomic E-state index is 0.316. The topological polar surface area (TPSA) is 6.48 Å². The predicted molar refractivity (Wildman–Crippen MR) is 153 cm³/mol. The third-order valence-corrected chi connectivity index (χ3v) is 6.90. The molecule has 4 rings (SSSR count). The molecule has 2 heteroatoms. The van der Waals surface area contributed by atoms with Crippen LogP contribution in [0.15, 0.2) is 133 Å². The summed E-state index contributed by atoms with van der Waals surface area (Å²) in [7, 11) is 0. The first-order valence-corrected chi connectivity index (χ1v) is 13.0. The Morgan fingerprint density at radius 3 is 1.28 bits per heavy atom. The van der Waals surface area contributed by atoms with Crippen molar-refractivity contribution in [1.82, 2.24) is 9.80 Å². The van der Waals surface area contributed by atoms with Gasteiger partial charge in [-0.3, -0.25) is 9.80 Å². The fraction of sp³-hybridized carbons (Fsp3) is 0.235. The van der Waals surface area contributed by atoms with Crippen LogP contribution in [0.25, 0.3) is 0 Å². The lowest BCUT2D eigenvalue weighted by atomic mass is 10.0. The van der Waals surface area contributed by atoms with E-state index in [0.29, 0.717) is 12.1 Å². The second-order valence-electron chi connectivity index (χ2n) is 9.48. The second-order valence-corrected chi connectivity index (χ2v) is 9.48. The molecule has 36 heavy (non-hydrogen) atoms. The summed E-state index contributed by atoms with van der Waals surface area (Å²) in [6.07, 6.45) is 4.69. The second kappa shape index (κ2) is 13.6. The normalized spacial score (nSPS) is 13.3. The quantitative estimate of drug-likeness (QED) is 0.192. The molecule has 0 aliphatic carbocycles. The zero-order chi connectivity index (χ0) is 25.0. The van der Waals surface area contributed by atoms with Crippen molar-refractivity contribution in [2.45, 2.75) is 39.0 Å². The van der Waals surface area contributed by atoms with Gasteiger partial charge >= 0.3 is 0 Å². The molecule has 2 unspecified atom stereocenters. The summed E-state index contributed by atoms with van der Waals surface area (Å²) in [5.41, 5.74) is 5.39. The summed E-state index contributed by atoms with van der Waals surface area (Å²) in [6, 6.07) is 43.8. The van der Waals surface area contributed by atoms with Crippen molar-refractivity contribution >= 4 is 0 Å². The van der Waals surface area contributed by atoms with Crippen molar-refractivity contribution in [2.24, 2.45) is 0 Å². The summed E-state index contributed by atoms with van der Waals surface area (Å²) in [5.74, 6) is 0. The van der Waals surface area contributed by atoms with Crippen molar-refractivity contribution in [2.75, 3.05) is 13.1 Å². The van der Waals surface area contributed by atoms with Crippen molar-refractivity contribution in [1.29, 1.82) is 0 Å². The zero-order valence-corrected chi connectivity index (χ0v) is 21.6. The van der Waals surface area contributed by atoms with Gasteiger partial charge in [0.1, 0.15) is 0 Å². The molecule has 0 heterocycles. The highest BCUT2D eigenvalue weighted by atomic mass is 15.2. The monoisotopic (exact) mass is 474 g/mol. The maximum atomic E-state index is 2.58. The van der Waals surface area contributed by atoms with Gasteiger partial charge < -0.3 is 0 Å². The highest BCUT2D eigenvalue weighted by molar-refractivity contribution is 5.23.